The van der Waals surface area contributed by atoms with E-state index in [0.717, 1.165) is 10.8 Å². The average Bonchev–Trinajstić information content (AvgIpc) is 2.15. The third-order valence-corrected chi connectivity index (χ3v) is 2.78. The zero-order valence-electron chi connectivity index (χ0n) is 6.72. The van der Waals surface area contributed by atoms with Crippen LogP contribution in [0.1, 0.15) is 5.56 Å². The summed E-state index contributed by atoms with van der Waals surface area (Å²) < 4.78 is 0. The number of hydrogen-bond donors (Lipinski definition) is 0. The van der Waals surface area contributed by atoms with Crippen LogP contribution in [0.25, 0.3) is 10.8 Å². The summed E-state index contributed by atoms with van der Waals surface area (Å²) in [4.78, 5) is 0. The molecule has 64 valence electrons. The Bertz CT molecular complexity index is 461. The Morgan fingerprint density at radius 3 is 2.54 bits per heavy atom. The number of fused-ring (bicyclic) bond motifs is 1. The van der Waals surface area contributed by atoms with E-state index >= 15 is 0 Å². The van der Waals surface area contributed by atoms with Crippen LogP contribution in [0.2, 0.25) is 10.0 Å². The van der Waals surface area contributed by atoms with Crippen LogP contribution < -0.4 is 0 Å². The fourth-order valence-electron chi connectivity index (χ4n) is 1.31. The lowest BCUT2D eigenvalue weighted by molar-refractivity contribution is 1.67. The summed E-state index contributed by atoms with van der Waals surface area (Å²) in [5.74, 6) is 0. The minimum atomic E-state index is 0.431. The first-order valence-electron chi connectivity index (χ1n) is 3.82. The molecule has 0 amide bonds. The zero-order chi connectivity index (χ0) is 9.42. The maximum absolute atomic E-state index is 5.90. The Hall–Kier alpha value is -0.720. The summed E-state index contributed by atoms with van der Waals surface area (Å²) in [6.45, 7) is 5.80. The number of halogens is 2. The lowest BCUT2D eigenvalue weighted by atomic mass is 10.1. The summed E-state index contributed by atoms with van der Waals surface area (Å²) in [5.41, 5.74) is 0.546. The molecular formula is C11H6Cl2. The van der Waals surface area contributed by atoms with Crippen molar-refractivity contribution in [2.75, 3.05) is 0 Å². The van der Waals surface area contributed by atoms with Crippen molar-refractivity contribution in [2.24, 2.45) is 0 Å². The van der Waals surface area contributed by atoms with Gasteiger partial charge in [-0.25, -0.2) is 0 Å². The predicted molar refractivity (Wildman–Crippen MR) is 57.4 cm³/mol. The van der Waals surface area contributed by atoms with Crippen LogP contribution in [0.5, 0.6) is 0 Å². The van der Waals surface area contributed by atoms with Crippen molar-refractivity contribution < 1.29 is 0 Å². The van der Waals surface area contributed by atoms with Crippen LogP contribution >= 0.6 is 23.2 Å². The molecule has 0 fully saturated rings. The van der Waals surface area contributed by atoms with Gasteiger partial charge >= 0.3 is 0 Å². The predicted octanol–water partition coefficient (Wildman–Crippen LogP) is 4.21. The van der Waals surface area contributed by atoms with Crippen molar-refractivity contribution in [3.05, 3.63) is 52.9 Å². The van der Waals surface area contributed by atoms with Gasteiger partial charge in [-0.3, -0.25) is 0 Å². The summed E-state index contributed by atoms with van der Waals surface area (Å²) in [6.07, 6.45) is 0. The SMILES string of the molecule is [CH]c1c(Cl)c(Cl)cc2ccccc12. The molecule has 0 unspecified atom stereocenters. The van der Waals surface area contributed by atoms with E-state index in [2.05, 4.69) is 0 Å². The molecule has 0 spiro atoms. The summed E-state index contributed by atoms with van der Waals surface area (Å²) in [6, 6.07) is 9.55. The van der Waals surface area contributed by atoms with Gasteiger partial charge in [0.1, 0.15) is 0 Å². The molecule has 2 aromatic carbocycles. The largest absolute Gasteiger partial charge is 0.0827 e. The summed E-state index contributed by atoms with van der Waals surface area (Å²) in [7, 11) is 0. The topological polar surface area (TPSA) is 0 Å². The molecule has 0 aliphatic rings. The third kappa shape index (κ3) is 1.41. The molecule has 0 bridgehead atoms. The van der Waals surface area contributed by atoms with Gasteiger partial charge in [-0.05, 0) is 22.4 Å². The van der Waals surface area contributed by atoms with Gasteiger partial charge in [0.25, 0.3) is 0 Å². The second kappa shape index (κ2) is 3.21. The van der Waals surface area contributed by atoms with E-state index in [9.17, 15) is 0 Å². The van der Waals surface area contributed by atoms with Crippen LogP contribution in [-0.4, -0.2) is 0 Å². The zero-order valence-corrected chi connectivity index (χ0v) is 8.23. The maximum Gasteiger partial charge on any atom is 0.0633 e. The molecule has 13 heavy (non-hydrogen) atoms. The molecule has 0 saturated heterocycles. The van der Waals surface area contributed by atoms with E-state index in [4.69, 9.17) is 30.1 Å². The second-order valence-corrected chi connectivity index (χ2v) is 3.59. The Balaban J connectivity index is 2.94. The molecule has 0 heterocycles. The molecule has 2 aromatic rings. The van der Waals surface area contributed by atoms with Crippen LogP contribution in [0.15, 0.2) is 30.3 Å². The fourth-order valence-corrected chi connectivity index (χ4v) is 1.69. The smallest absolute Gasteiger partial charge is 0.0633 e. The first kappa shape index (κ1) is 8.86. The number of benzene rings is 2. The monoisotopic (exact) mass is 208 g/mol. The van der Waals surface area contributed by atoms with Crippen molar-refractivity contribution in [3.63, 3.8) is 0 Å². The average molecular weight is 209 g/mol. The third-order valence-electron chi connectivity index (χ3n) is 1.98. The number of rotatable bonds is 0. The Morgan fingerprint density at radius 1 is 1.08 bits per heavy atom. The molecule has 2 rings (SSSR count). The Morgan fingerprint density at radius 2 is 1.77 bits per heavy atom. The minimum absolute atomic E-state index is 0.431. The van der Waals surface area contributed by atoms with Gasteiger partial charge in [0.2, 0.25) is 0 Å². The maximum atomic E-state index is 5.90. The van der Waals surface area contributed by atoms with Crippen molar-refractivity contribution in [1.82, 2.24) is 0 Å². The lowest BCUT2D eigenvalue weighted by Gasteiger charge is -2.05. The number of hydrogen-bond acceptors (Lipinski definition) is 0. The van der Waals surface area contributed by atoms with Crippen molar-refractivity contribution >= 4 is 34.0 Å². The van der Waals surface area contributed by atoms with Gasteiger partial charge in [0.05, 0.1) is 10.0 Å². The quantitative estimate of drug-likeness (QED) is 0.609. The Labute approximate surface area is 87.1 Å². The highest BCUT2D eigenvalue weighted by Crippen LogP contribution is 2.32. The first-order valence-corrected chi connectivity index (χ1v) is 4.58. The van der Waals surface area contributed by atoms with E-state index in [1.807, 2.05) is 30.3 Å². The van der Waals surface area contributed by atoms with Crippen molar-refractivity contribution in [3.8, 4) is 0 Å². The molecule has 0 aliphatic carbocycles. The van der Waals surface area contributed by atoms with Gasteiger partial charge in [-0.1, -0.05) is 47.5 Å². The van der Waals surface area contributed by atoms with Crippen molar-refractivity contribution in [1.29, 1.82) is 0 Å². The molecule has 2 heteroatoms. The highest BCUT2D eigenvalue weighted by atomic mass is 35.5. The van der Waals surface area contributed by atoms with Gasteiger partial charge in [0, 0.05) is 6.92 Å². The van der Waals surface area contributed by atoms with Gasteiger partial charge in [0.15, 0.2) is 0 Å². The van der Waals surface area contributed by atoms with E-state index in [0.29, 0.717) is 15.6 Å². The first-order chi connectivity index (χ1) is 6.20. The molecule has 0 atom stereocenters. The van der Waals surface area contributed by atoms with Crippen LogP contribution in [0.3, 0.4) is 0 Å². The van der Waals surface area contributed by atoms with E-state index < -0.39 is 0 Å². The van der Waals surface area contributed by atoms with E-state index in [1.165, 1.54) is 0 Å². The highest BCUT2D eigenvalue weighted by molar-refractivity contribution is 6.43. The fraction of sp³-hybridized carbons (Fsp3) is 0. The van der Waals surface area contributed by atoms with Crippen LogP contribution in [0.4, 0.5) is 0 Å². The molecule has 2 radical (unpaired) electrons. The highest BCUT2D eigenvalue weighted by Gasteiger charge is 2.05. The molecule has 0 saturated carbocycles. The molecule has 0 N–H and O–H groups in total. The molecule has 0 aliphatic heterocycles. The molecular weight excluding hydrogens is 203 g/mol. The summed E-state index contributed by atoms with van der Waals surface area (Å²) >= 11 is 11.8. The minimum Gasteiger partial charge on any atom is -0.0827 e. The Kier molecular flexibility index (Phi) is 2.19. The van der Waals surface area contributed by atoms with E-state index in [1.54, 1.807) is 0 Å². The van der Waals surface area contributed by atoms with Crippen LogP contribution in [0, 0.1) is 6.92 Å². The van der Waals surface area contributed by atoms with E-state index in [-0.39, 0.29) is 0 Å². The van der Waals surface area contributed by atoms with Gasteiger partial charge < -0.3 is 0 Å². The normalized spacial score (nSPS) is 10.7. The van der Waals surface area contributed by atoms with Crippen LogP contribution in [-0.2, 0) is 0 Å². The van der Waals surface area contributed by atoms with Crippen molar-refractivity contribution in [2.45, 2.75) is 0 Å². The van der Waals surface area contributed by atoms with Gasteiger partial charge in [-0.2, -0.15) is 0 Å². The molecule has 0 aromatic heterocycles. The molecule has 0 nitrogen and oxygen atoms in total. The summed E-state index contributed by atoms with van der Waals surface area (Å²) in [5, 5.41) is 2.88. The van der Waals surface area contributed by atoms with Gasteiger partial charge in [-0.15, -0.1) is 0 Å². The lowest BCUT2D eigenvalue weighted by Crippen LogP contribution is -1.81. The second-order valence-electron chi connectivity index (χ2n) is 2.81. The standard InChI is InChI=1S/C11H6Cl2/c1-7-9-5-3-2-4-8(9)6-10(12)11(7)13/h1-6H.